The molecule has 1 atom stereocenters. The first-order valence-electron chi connectivity index (χ1n) is 13.1. The molecule has 4 rings (SSSR count). The smallest absolute Gasteiger partial charge is 0.249 e. The number of benzene rings is 3. The van der Waals surface area contributed by atoms with Crippen LogP contribution in [-0.2, 0) is 16.1 Å². The molecule has 3 aromatic carbocycles. The number of aromatic nitrogens is 3. The van der Waals surface area contributed by atoms with Gasteiger partial charge in [0.2, 0.25) is 11.8 Å². The van der Waals surface area contributed by atoms with E-state index in [0.29, 0.717) is 41.5 Å². The summed E-state index contributed by atoms with van der Waals surface area (Å²) in [6.07, 6.45) is 0. The van der Waals surface area contributed by atoms with Gasteiger partial charge in [0.05, 0.1) is 18.7 Å². The van der Waals surface area contributed by atoms with Crippen molar-refractivity contribution >= 4 is 28.5 Å². The predicted molar refractivity (Wildman–Crippen MR) is 151 cm³/mol. The first-order valence-corrected chi connectivity index (χ1v) is 13.1. The number of rotatable bonds is 10. The number of carbonyl (C=O) groups is 2. The number of hydrogen-bond donors (Lipinski definition) is 1. The third-order valence-electron chi connectivity index (χ3n) is 5.91. The zero-order valence-electron chi connectivity index (χ0n) is 23.0. The maximum Gasteiger partial charge on any atom is 0.249 e. The van der Waals surface area contributed by atoms with E-state index in [4.69, 9.17) is 9.47 Å². The van der Waals surface area contributed by atoms with Crippen molar-refractivity contribution < 1.29 is 19.1 Å². The molecule has 9 heteroatoms. The molecule has 0 radical (unpaired) electrons. The minimum absolute atomic E-state index is 0.107. The second-order valence-corrected chi connectivity index (χ2v) is 10.1. The van der Waals surface area contributed by atoms with Crippen LogP contribution in [0.3, 0.4) is 0 Å². The van der Waals surface area contributed by atoms with Gasteiger partial charge in [-0.25, -0.2) is 4.68 Å². The third kappa shape index (κ3) is 6.73. The average molecular weight is 530 g/mol. The van der Waals surface area contributed by atoms with E-state index in [1.807, 2.05) is 83.1 Å². The summed E-state index contributed by atoms with van der Waals surface area (Å²) in [5.41, 5.74) is 2.10. The minimum Gasteiger partial charge on any atom is -0.494 e. The molecule has 2 amide bonds. The molecular weight excluding hydrogens is 494 g/mol. The lowest BCUT2D eigenvalue weighted by Crippen LogP contribution is -2.50. The van der Waals surface area contributed by atoms with Gasteiger partial charge < -0.3 is 14.8 Å². The lowest BCUT2D eigenvalue weighted by Gasteiger charge is -2.34. The van der Waals surface area contributed by atoms with Crippen molar-refractivity contribution in [2.24, 2.45) is 0 Å². The van der Waals surface area contributed by atoms with Crippen LogP contribution in [-0.4, -0.2) is 45.6 Å². The monoisotopic (exact) mass is 529 g/mol. The van der Waals surface area contributed by atoms with Crippen molar-refractivity contribution in [2.45, 2.75) is 52.7 Å². The van der Waals surface area contributed by atoms with Crippen LogP contribution in [0.15, 0.2) is 72.8 Å². The number of amides is 2. The molecule has 0 fully saturated rings. The topological polar surface area (TPSA) is 98.6 Å². The van der Waals surface area contributed by atoms with E-state index < -0.39 is 11.6 Å². The normalized spacial score (nSPS) is 12.1. The van der Waals surface area contributed by atoms with Crippen LogP contribution in [0.2, 0.25) is 0 Å². The second kappa shape index (κ2) is 12.0. The zero-order valence-corrected chi connectivity index (χ0v) is 23.0. The highest BCUT2D eigenvalue weighted by atomic mass is 16.5. The Morgan fingerprint density at radius 3 is 2.08 bits per heavy atom. The molecule has 0 aliphatic carbocycles. The van der Waals surface area contributed by atoms with Gasteiger partial charge in [0.25, 0.3) is 0 Å². The highest BCUT2D eigenvalue weighted by Crippen LogP contribution is 2.31. The molecule has 0 unspecified atom stereocenters. The van der Waals surface area contributed by atoms with Gasteiger partial charge in [0.15, 0.2) is 0 Å². The van der Waals surface area contributed by atoms with E-state index in [-0.39, 0.29) is 18.4 Å². The predicted octanol–water partition coefficient (Wildman–Crippen LogP) is 4.92. The van der Waals surface area contributed by atoms with Gasteiger partial charge in [-0.15, -0.1) is 5.10 Å². The molecule has 1 N–H and O–H groups in total. The molecule has 0 saturated carbocycles. The summed E-state index contributed by atoms with van der Waals surface area (Å²) >= 11 is 0. The summed E-state index contributed by atoms with van der Waals surface area (Å²) in [5, 5.41) is 11.4. The molecular formula is C30H35N5O4. The van der Waals surface area contributed by atoms with Crippen LogP contribution in [0.25, 0.3) is 11.0 Å². The maximum absolute atomic E-state index is 14.1. The van der Waals surface area contributed by atoms with E-state index >= 15 is 0 Å². The molecule has 39 heavy (non-hydrogen) atoms. The first-order chi connectivity index (χ1) is 18.7. The van der Waals surface area contributed by atoms with Gasteiger partial charge in [0.1, 0.15) is 29.6 Å². The van der Waals surface area contributed by atoms with E-state index in [2.05, 4.69) is 15.6 Å². The van der Waals surface area contributed by atoms with E-state index in [1.165, 1.54) is 4.90 Å². The zero-order chi connectivity index (χ0) is 28.0. The number of anilines is 1. The molecule has 0 spiro atoms. The Morgan fingerprint density at radius 2 is 1.49 bits per heavy atom. The number of fused-ring (bicyclic) bond motifs is 1. The van der Waals surface area contributed by atoms with Crippen LogP contribution >= 0.6 is 0 Å². The van der Waals surface area contributed by atoms with E-state index in [0.717, 1.165) is 5.52 Å². The van der Waals surface area contributed by atoms with Crippen molar-refractivity contribution in [2.75, 3.05) is 18.1 Å². The van der Waals surface area contributed by atoms with Crippen LogP contribution in [0.5, 0.6) is 11.5 Å². The Balaban J connectivity index is 1.80. The van der Waals surface area contributed by atoms with Crippen molar-refractivity contribution in [3.05, 3.63) is 78.4 Å². The minimum atomic E-state index is -0.958. The number of nitrogens with zero attached hydrogens (tertiary/aromatic N) is 4. The maximum atomic E-state index is 14.1. The van der Waals surface area contributed by atoms with E-state index in [9.17, 15) is 9.59 Å². The number of para-hydroxylation sites is 1. The summed E-state index contributed by atoms with van der Waals surface area (Å²) in [6.45, 7) is 10.5. The van der Waals surface area contributed by atoms with Crippen LogP contribution in [0.1, 0.15) is 46.2 Å². The second-order valence-electron chi connectivity index (χ2n) is 10.1. The third-order valence-corrected chi connectivity index (χ3v) is 5.91. The van der Waals surface area contributed by atoms with Crippen LogP contribution < -0.4 is 19.7 Å². The molecule has 0 aliphatic rings. The Morgan fingerprint density at radius 1 is 0.897 bits per heavy atom. The molecule has 0 bridgehead atoms. The Hall–Kier alpha value is -4.40. The molecule has 1 aromatic heterocycles. The summed E-state index contributed by atoms with van der Waals surface area (Å²) in [7, 11) is 0. The Labute approximate surface area is 228 Å². The molecule has 0 saturated heterocycles. The lowest BCUT2D eigenvalue weighted by molar-refractivity contribution is -0.128. The Bertz CT molecular complexity index is 1410. The van der Waals surface area contributed by atoms with Gasteiger partial charge >= 0.3 is 0 Å². The summed E-state index contributed by atoms with van der Waals surface area (Å²) < 4.78 is 12.8. The number of nitrogens with one attached hydrogen (secondary N) is 1. The SMILES string of the molecule is CCOc1ccc([C@H](C(=O)NC(C)(C)C)N(C(=O)Cn2nnc3ccccc32)c2ccc(OCC)cc2)cc1. The Kier molecular flexibility index (Phi) is 8.49. The lowest BCUT2D eigenvalue weighted by atomic mass is 10.0. The van der Waals surface area contributed by atoms with E-state index in [1.54, 1.807) is 28.9 Å². The fourth-order valence-electron chi connectivity index (χ4n) is 4.31. The average Bonchev–Trinajstić information content (AvgIpc) is 3.30. The highest BCUT2D eigenvalue weighted by Gasteiger charge is 2.35. The standard InChI is InChI=1S/C30H35N5O4/c1-6-38-23-16-12-21(13-17-23)28(29(37)31-30(3,4)5)35(22-14-18-24(19-15-22)39-7-2)27(36)20-34-26-11-9-8-10-25(26)32-33-34/h8-19,28H,6-7,20H2,1-5H3,(H,31,37)/t28-/m1/s1. The van der Waals surface area contributed by atoms with Gasteiger partial charge in [-0.3, -0.25) is 14.5 Å². The summed E-state index contributed by atoms with van der Waals surface area (Å²) in [5.74, 6) is 0.729. The van der Waals surface area contributed by atoms with Gasteiger partial charge in [0, 0.05) is 11.2 Å². The molecule has 0 aliphatic heterocycles. The quantitative estimate of drug-likeness (QED) is 0.313. The first kappa shape index (κ1) is 27.6. The highest BCUT2D eigenvalue weighted by molar-refractivity contribution is 6.01. The van der Waals surface area contributed by atoms with Gasteiger partial charge in [-0.2, -0.15) is 0 Å². The largest absolute Gasteiger partial charge is 0.494 e. The van der Waals surface area contributed by atoms with Crippen molar-refractivity contribution in [3.8, 4) is 11.5 Å². The van der Waals surface area contributed by atoms with Crippen LogP contribution in [0, 0.1) is 0 Å². The number of ether oxygens (including phenoxy) is 2. The van der Waals surface area contributed by atoms with Crippen LogP contribution in [0.4, 0.5) is 5.69 Å². The van der Waals surface area contributed by atoms with Crippen molar-refractivity contribution in [1.82, 2.24) is 20.3 Å². The molecule has 1 heterocycles. The van der Waals surface area contributed by atoms with Gasteiger partial charge in [-0.05, 0) is 88.7 Å². The summed E-state index contributed by atoms with van der Waals surface area (Å²) in [4.78, 5) is 29.5. The van der Waals surface area contributed by atoms with Crippen molar-refractivity contribution in [1.29, 1.82) is 0 Å². The fourth-order valence-corrected chi connectivity index (χ4v) is 4.31. The summed E-state index contributed by atoms with van der Waals surface area (Å²) in [6, 6.07) is 20.9. The molecule has 9 nitrogen and oxygen atoms in total. The number of hydrogen-bond acceptors (Lipinski definition) is 6. The molecule has 4 aromatic rings. The fraction of sp³-hybridized carbons (Fsp3) is 0.333. The molecule has 204 valence electrons. The number of carbonyl (C=O) groups excluding carboxylic acids is 2. The van der Waals surface area contributed by atoms with Gasteiger partial charge in [-0.1, -0.05) is 29.5 Å². The van der Waals surface area contributed by atoms with Crippen molar-refractivity contribution in [3.63, 3.8) is 0 Å².